The molecule has 2 aromatic rings. The molecule has 1 unspecified atom stereocenters. The summed E-state index contributed by atoms with van der Waals surface area (Å²) in [4.78, 5) is 17.8. The second-order valence-electron chi connectivity index (χ2n) is 7.96. The van der Waals surface area contributed by atoms with E-state index in [0.29, 0.717) is 47.1 Å². The molecule has 1 aromatic carbocycles. The maximum Gasteiger partial charge on any atom is 0.338 e. The summed E-state index contributed by atoms with van der Waals surface area (Å²) in [7, 11) is 0. The van der Waals surface area contributed by atoms with Gasteiger partial charge in [0.15, 0.2) is 11.5 Å². The quantitative estimate of drug-likeness (QED) is 0.270. The number of anilines is 1. The van der Waals surface area contributed by atoms with Crippen LogP contribution in [0.2, 0.25) is 0 Å². The van der Waals surface area contributed by atoms with Gasteiger partial charge < -0.3 is 19.5 Å². The average molecular weight is 475 g/mol. The highest BCUT2D eigenvalue weighted by atomic mass is 32.2. The van der Waals surface area contributed by atoms with Crippen LogP contribution in [0.5, 0.6) is 11.5 Å². The minimum atomic E-state index is -0.504. The number of nitrogens with one attached hydrogen (secondary N) is 1. The fourth-order valence-electron chi connectivity index (χ4n) is 3.59. The number of esters is 1. The molecule has 2 heterocycles. The van der Waals surface area contributed by atoms with Crippen LogP contribution in [0.3, 0.4) is 0 Å². The lowest BCUT2D eigenvalue weighted by atomic mass is 9.95. The number of benzene rings is 1. The van der Waals surface area contributed by atoms with Gasteiger partial charge in [0.05, 0.1) is 24.9 Å². The van der Waals surface area contributed by atoms with Crippen molar-refractivity contribution >= 4 is 23.7 Å². The van der Waals surface area contributed by atoms with Crippen LogP contribution in [0, 0.1) is 0 Å². The number of nitrogens with zero attached hydrogens (tertiary/aromatic N) is 3. The van der Waals surface area contributed by atoms with Gasteiger partial charge in [-0.25, -0.2) is 9.48 Å². The second-order valence-corrected chi connectivity index (χ2v) is 9.02. The summed E-state index contributed by atoms with van der Waals surface area (Å²) in [5.74, 6) is 2.46. The fraction of sp³-hybridized carbons (Fsp3) is 0.542. The lowest BCUT2D eigenvalue weighted by molar-refractivity contribution is -0.143. The number of allylic oxidation sites excluding steroid dienone is 1. The molecule has 0 bridgehead atoms. The van der Waals surface area contributed by atoms with E-state index < -0.39 is 6.04 Å². The number of thioether (sulfide) groups is 1. The summed E-state index contributed by atoms with van der Waals surface area (Å²) in [6.07, 6.45) is 1.96. The van der Waals surface area contributed by atoms with Gasteiger partial charge in [-0.05, 0) is 58.7 Å². The maximum absolute atomic E-state index is 13.2. The number of aromatic nitrogens is 3. The Morgan fingerprint density at radius 1 is 1.18 bits per heavy atom. The predicted octanol–water partition coefficient (Wildman–Crippen LogP) is 5.21. The molecule has 9 heteroatoms. The summed E-state index contributed by atoms with van der Waals surface area (Å²) >= 11 is 1.62. The van der Waals surface area contributed by atoms with E-state index in [2.05, 4.69) is 17.2 Å². The van der Waals surface area contributed by atoms with Gasteiger partial charge in [0.25, 0.3) is 0 Å². The Bertz CT molecular complexity index is 1000. The van der Waals surface area contributed by atoms with E-state index in [9.17, 15) is 4.79 Å². The van der Waals surface area contributed by atoms with Gasteiger partial charge in [-0.1, -0.05) is 31.2 Å². The number of hydrogen-bond acceptors (Lipinski definition) is 8. The molecule has 1 aliphatic heterocycles. The molecule has 1 aromatic heterocycles. The Morgan fingerprint density at radius 3 is 2.58 bits per heavy atom. The van der Waals surface area contributed by atoms with Crippen LogP contribution in [0.15, 0.2) is 34.6 Å². The summed E-state index contributed by atoms with van der Waals surface area (Å²) in [5.41, 5.74) is 2.04. The van der Waals surface area contributed by atoms with Gasteiger partial charge in [0.2, 0.25) is 11.1 Å². The second kappa shape index (κ2) is 11.4. The first-order valence-electron chi connectivity index (χ1n) is 11.6. The largest absolute Gasteiger partial charge is 0.490 e. The Hall–Kier alpha value is -2.68. The number of ether oxygens (including phenoxy) is 3. The highest BCUT2D eigenvalue weighted by Gasteiger charge is 2.36. The van der Waals surface area contributed by atoms with Crippen LogP contribution in [-0.2, 0) is 9.53 Å². The third-order valence-corrected chi connectivity index (χ3v) is 5.93. The predicted molar refractivity (Wildman–Crippen MR) is 130 cm³/mol. The van der Waals surface area contributed by atoms with E-state index in [4.69, 9.17) is 19.3 Å². The van der Waals surface area contributed by atoms with Crippen molar-refractivity contribution in [2.24, 2.45) is 0 Å². The zero-order valence-electron chi connectivity index (χ0n) is 20.3. The summed E-state index contributed by atoms with van der Waals surface area (Å²) < 4.78 is 18.9. The highest BCUT2D eigenvalue weighted by molar-refractivity contribution is 7.99. The molecule has 0 aliphatic carbocycles. The van der Waals surface area contributed by atoms with Crippen molar-refractivity contribution in [1.82, 2.24) is 14.8 Å². The molecule has 33 heavy (non-hydrogen) atoms. The number of unbranched alkanes of at least 4 members (excludes halogenated alkanes) is 1. The molecule has 0 saturated carbocycles. The first-order valence-corrected chi connectivity index (χ1v) is 12.6. The molecule has 0 radical (unpaired) electrons. The van der Waals surface area contributed by atoms with Crippen molar-refractivity contribution in [3.05, 3.63) is 35.0 Å². The molecule has 180 valence electrons. The van der Waals surface area contributed by atoms with E-state index >= 15 is 0 Å². The number of rotatable bonds is 11. The number of carbonyl (C=O) groups excluding carboxylic acids is 1. The van der Waals surface area contributed by atoms with Gasteiger partial charge in [0, 0.05) is 11.4 Å². The van der Waals surface area contributed by atoms with Gasteiger partial charge in [0.1, 0.15) is 6.04 Å². The van der Waals surface area contributed by atoms with E-state index in [-0.39, 0.29) is 12.1 Å². The average Bonchev–Trinajstić information content (AvgIpc) is 3.16. The van der Waals surface area contributed by atoms with Crippen LogP contribution >= 0.6 is 11.8 Å². The number of fused-ring (bicyclic) bond motifs is 1. The normalized spacial score (nSPS) is 15.3. The molecule has 0 spiro atoms. The van der Waals surface area contributed by atoms with Crippen LogP contribution in [0.25, 0.3) is 0 Å². The maximum atomic E-state index is 13.2. The highest BCUT2D eigenvalue weighted by Crippen LogP contribution is 2.40. The van der Waals surface area contributed by atoms with Gasteiger partial charge >= 0.3 is 5.97 Å². The van der Waals surface area contributed by atoms with E-state index in [1.165, 1.54) is 0 Å². The molecule has 0 fully saturated rings. The van der Waals surface area contributed by atoms with Crippen molar-refractivity contribution < 1.29 is 19.0 Å². The topological polar surface area (TPSA) is 87.5 Å². The lowest BCUT2D eigenvalue weighted by Gasteiger charge is -2.29. The molecule has 1 aliphatic rings. The molecular weight excluding hydrogens is 440 g/mol. The van der Waals surface area contributed by atoms with Crippen molar-refractivity contribution in [3.63, 3.8) is 0 Å². The van der Waals surface area contributed by atoms with Crippen LogP contribution in [0.1, 0.15) is 66.0 Å². The van der Waals surface area contributed by atoms with Gasteiger partial charge in [-0.2, -0.15) is 4.98 Å². The monoisotopic (exact) mass is 474 g/mol. The minimum Gasteiger partial charge on any atom is -0.490 e. The molecular formula is C24H34N4O4S. The molecule has 8 nitrogen and oxygen atoms in total. The Balaban J connectivity index is 2.09. The molecule has 1 N–H and O–H groups in total. The van der Waals surface area contributed by atoms with E-state index in [1.54, 1.807) is 16.4 Å². The van der Waals surface area contributed by atoms with Crippen LogP contribution in [0.4, 0.5) is 5.95 Å². The smallest absolute Gasteiger partial charge is 0.338 e. The summed E-state index contributed by atoms with van der Waals surface area (Å²) in [5, 5.41) is 8.68. The van der Waals surface area contributed by atoms with E-state index in [0.717, 1.165) is 24.2 Å². The van der Waals surface area contributed by atoms with Crippen LogP contribution in [-0.4, -0.2) is 45.8 Å². The Kier molecular flexibility index (Phi) is 8.66. The molecule has 0 saturated heterocycles. The standard InChI is InChI=1S/C24H34N4O4S/c1-7-10-13-33-24-26-23-25-16(6)20(22(29)32-15(4)5)21(28(23)27-24)17-11-12-18(30-8-2)19(14-17)31-9-3/h11-12,14-15,21H,7-10,13H2,1-6H3,(H,25,26,27). The number of hydrogen-bond donors (Lipinski definition) is 1. The van der Waals surface area contributed by atoms with Crippen LogP contribution < -0.4 is 14.8 Å². The van der Waals surface area contributed by atoms with Crippen molar-refractivity contribution in [3.8, 4) is 11.5 Å². The van der Waals surface area contributed by atoms with Crippen molar-refractivity contribution in [2.75, 3.05) is 24.3 Å². The minimum absolute atomic E-state index is 0.241. The molecule has 1 atom stereocenters. The Labute approximate surface area is 200 Å². The third kappa shape index (κ3) is 5.82. The van der Waals surface area contributed by atoms with Gasteiger partial charge in [-0.15, -0.1) is 5.10 Å². The van der Waals surface area contributed by atoms with Crippen molar-refractivity contribution in [2.45, 2.75) is 71.7 Å². The zero-order valence-corrected chi connectivity index (χ0v) is 21.1. The Morgan fingerprint density at radius 2 is 1.91 bits per heavy atom. The number of carbonyl (C=O) groups is 1. The van der Waals surface area contributed by atoms with E-state index in [1.807, 2.05) is 52.8 Å². The SMILES string of the molecule is CCCCSc1nc2n(n1)C(c1ccc(OCC)c(OCC)c1)C(C(=O)OC(C)C)=C(C)N2. The molecule has 0 amide bonds. The first kappa shape index (κ1) is 25.0. The van der Waals surface area contributed by atoms with Gasteiger partial charge in [-0.3, -0.25) is 0 Å². The van der Waals surface area contributed by atoms with Crippen molar-refractivity contribution in [1.29, 1.82) is 0 Å². The third-order valence-electron chi connectivity index (χ3n) is 5.01. The lowest BCUT2D eigenvalue weighted by Crippen LogP contribution is -2.30. The zero-order chi connectivity index (χ0) is 24.0. The summed E-state index contributed by atoms with van der Waals surface area (Å²) in [6.45, 7) is 12.6. The molecule has 3 rings (SSSR count). The first-order chi connectivity index (χ1) is 15.9. The summed E-state index contributed by atoms with van der Waals surface area (Å²) in [6, 6.07) is 5.22. The fourth-order valence-corrected chi connectivity index (χ4v) is 4.50.